The van der Waals surface area contributed by atoms with E-state index in [4.69, 9.17) is 0 Å². The van der Waals surface area contributed by atoms with E-state index in [1.165, 1.54) is 0 Å². The zero-order valence-electron chi connectivity index (χ0n) is 6.60. The van der Waals surface area contributed by atoms with Crippen LogP contribution in [0.2, 0.25) is 0 Å². The first-order valence-corrected chi connectivity index (χ1v) is 3.70. The lowest BCUT2D eigenvalue weighted by Crippen LogP contribution is -2.19. The van der Waals surface area contributed by atoms with Crippen molar-refractivity contribution in [2.45, 2.75) is 25.4 Å². The number of hydrogen-bond acceptors (Lipinski definition) is 0. The second-order valence-electron chi connectivity index (χ2n) is 2.63. The predicted octanol–water partition coefficient (Wildman–Crippen LogP) is 2.62. The van der Waals surface area contributed by atoms with E-state index in [1.54, 1.807) is 19.1 Å². The van der Waals surface area contributed by atoms with Crippen LogP contribution in [0.5, 0.6) is 0 Å². The third kappa shape index (κ3) is 2.23. The number of halogens is 1. The molecule has 0 bridgehead atoms. The molecule has 1 heteroatoms. The third-order valence-corrected chi connectivity index (χ3v) is 1.66. The molecule has 0 nitrogen and oxygen atoms in total. The van der Waals surface area contributed by atoms with Crippen LogP contribution in [0.3, 0.4) is 0 Å². The van der Waals surface area contributed by atoms with Crippen LogP contribution in [0, 0.1) is 11.8 Å². The molecule has 0 aromatic heterocycles. The lowest BCUT2D eigenvalue weighted by Gasteiger charge is -2.18. The molecule has 0 radical (unpaired) electrons. The highest BCUT2D eigenvalue weighted by atomic mass is 19.1. The topological polar surface area (TPSA) is 0 Å². The van der Waals surface area contributed by atoms with Gasteiger partial charge in [-0.15, -0.1) is 5.92 Å². The van der Waals surface area contributed by atoms with Crippen LogP contribution < -0.4 is 0 Å². The van der Waals surface area contributed by atoms with Crippen LogP contribution >= 0.6 is 0 Å². The SMILES string of the molecule is CC#CCC1(F)C=CC=CC1. The highest BCUT2D eigenvalue weighted by Gasteiger charge is 2.24. The Bertz CT molecular complexity index is 239. The van der Waals surface area contributed by atoms with Gasteiger partial charge in [-0.2, -0.15) is 0 Å². The summed E-state index contributed by atoms with van der Waals surface area (Å²) >= 11 is 0. The fourth-order valence-corrected chi connectivity index (χ4v) is 1.00. The summed E-state index contributed by atoms with van der Waals surface area (Å²) < 4.78 is 13.5. The third-order valence-electron chi connectivity index (χ3n) is 1.66. The van der Waals surface area contributed by atoms with Gasteiger partial charge in [-0.05, 0) is 13.0 Å². The van der Waals surface area contributed by atoms with Crippen molar-refractivity contribution < 1.29 is 4.39 Å². The molecule has 0 aromatic rings. The Morgan fingerprint density at radius 2 is 2.36 bits per heavy atom. The highest BCUT2D eigenvalue weighted by molar-refractivity contribution is 5.21. The molecule has 0 amide bonds. The van der Waals surface area contributed by atoms with Crippen molar-refractivity contribution >= 4 is 0 Å². The first kappa shape index (κ1) is 8.07. The summed E-state index contributed by atoms with van der Waals surface area (Å²) in [5.41, 5.74) is -1.21. The fraction of sp³-hybridized carbons (Fsp3) is 0.400. The molecule has 1 aliphatic carbocycles. The first-order chi connectivity index (χ1) is 5.27. The van der Waals surface area contributed by atoms with Crippen LogP contribution in [0.15, 0.2) is 24.3 Å². The van der Waals surface area contributed by atoms with Gasteiger partial charge in [-0.1, -0.05) is 24.1 Å². The van der Waals surface area contributed by atoms with Crippen molar-refractivity contribution in [3.8, 4) is 11.8 Å². The summed E-state index contributed by atoms with van der Waals surface area (Å²) in [7, 11) is 0. The van der Waals surface area contributed by atoms with Crippen LogP contribution in [0.1, 0.15) is 19.8 Å². The van der Waals surface area contributed by atoms with Crippen molar-refractivity contribution in [1.29, 1.82) is 0 Å². The Balaban J connectivity index is 2.58. The van der Waals surface area contributed by atoms with E-state index in [2.05, 4.69) is 11.8 Å². The summed E-state index contributed by atoms with van der Waals surface area (Å²) in [6.45, 7) is 1.73. The summed E-state index contributed by atoms with van der Waals surface area (Å²) in [5, 5.41) is 0. The van der Waals surface area contributed by atoms with Gasteiger partial charge in [0.05, 0.1) is 0 Å². The van der Waals surface area contributed by atoms with Gasteiger partial charge < -0.3 is 0 Å². The maximum atomic E-state index is 13.5. The molecule has 0 aliphatic heterocycles. The molecule has 0 heterocycles. The quantitative estimate of drug-likeness (QED) is 0.504. The van der Waals surface area contributed by atoms with Crippen LogP contribution in [0.4, 0.5) is 4.39 Å². The Morgan fingerprint density at radius 3 is 2.91 bits per heavy atom. The van der Waals surface area contributed by atoms with Crippen molar-refractivity contribution in [3.05, 3.63) is 24.3 Å². The summed E-state index contributed by atoms with van der Waals surface area (Å²) in [5.74, 6) is 5.44. The number of rotatable bonds is 1. The molecule has 0 spiro atoms. The minimum absolute atomic E-state index is 0.310. The van der Waals surface area contributed by atoms with E-state index in [0.717, 1.165) is 0 Å². The molecule has 11 heavy (non-hydrogen) atoms. The van der Waals surface area contributed by atoms with Gasteiger partial charge in [-0.25, -0.2) is 4.39 Å². The smallest absolute Gasteiger partial charge is 0.143 e. The van der Waals surface area contributed by atoms with Gasteiger partial charge in [0.2, 0.25) is 0 Å². The number of alkyl halides is 1. The van der Waals surface area contributed by atoms with E-state index >= 15 is 0 Å². The van der Waals surface area contributed by atoms with Crippen molar-refractivity contribution in [2.75, 3.05) is 0 Å². The molecular weight excluding hydrogens is 139 g/mol. The van der Waals surface area contributed by atoms with Gasteiger partial charge in [-0.3, -0.25) is 0 Å². The molecule has 1 aliphatic rings. The maximum absolute atomic E-state index is 13.5. The molecule has 0 saturated heterocycles. The van der Waals surface area contributed by atoms with E-state index in [9.17, 15) is 4.39 Å². The minimum atomic E-state index is -1.21. The van der Waals surface area contributed by atoms with E-state index in [0.29, 0.717) is 12.8 Å². The van der Waals surface area contributed by atoms with Gasteiger partial charge in [0.15, 0.2) is 0 Å². The lowest BCUT2D eigenvalue weighted by atomic mass is 9.94. The largest absolute Gasteiger partial charge is 0.238 e. The lowest BCUT2D eigenvalue weighted by molar-refractivity contribution is 0.238. The molecular formula is C10H11F. The minimum Gasteiger partial charge on any atom is -0.238 e. The molecule has 1 unspecified atom stereocenters. The first-order valence-electron chi connectivity index (χ1n) is 3.70. The summed E-state index contributed by atoms with van der Waals surface area (Å²) in [6.07, 6.45) is 7.77. The van der Waals surface area contributed by atoms with Gasteiger partial charge in [0, 0.05) is 12.8 Å². The van der Waals surface area contributed by atoms with Gasteiger partial charge >= 0.3 is 0 Å². The molecule has 0 saturated carbocycles. The summed E-state index contributed by atoms with van der Waals surface area (Å²) in [4.78, 5) is 0. The normalized spacial score (nSPS) is 27.8. The van der Waals surface area contributed by atoms with Crippen LogP contribution in [-0.4, -0.2) is 5.67 Å². The molecule has 1 atom stereocenters. The van der Waals surface area contributed by atoms with Crippen LogP contribution in [-0.2, 0) is 0 Å². The fourth-order valence-electron chi connectivity index (χ4n) is 1.00. The second-order valence-corrected chi connectivity index (χ2v) is 2.63. The Labute approximate surface area is 66.8 Å². The zero-order valence-corrected chi connectivity index (χ0v) is 6.60. The van der Waals surface area contributed by atoms with Gasteiger partial charge in [0.1, 0.15) is 5.67 Å². The molecule has 58 valence electrons. The molecule has 1 rings (SSSR count). The summed E-state index contributed by atoms with van der Waals surface area (Å²) in [6, 6.07) is 0. The molecule has 0 fully saturated rings. The molecule has 0 aromatic carbocycles. The van der Waals surface area contributed by atoms with E-state index in [1.807, 2.05) is 12.2 Å². The van der Waals surface area contributed by atoms with Crippen molar-refractivity contribution in [1.82, 2.24) is 0 Å². The molecule has 0 N–H and O–H groups in total. The van der Waals surface area contributed by atoms with Gasteiger partial charge in [0.25, 0.3) is 0 Å². The highest BCUT2D eigenvalue weighted by Crippen LogP contribution is 2.25. The Morgan fingerprint density at radius 1 is 1.55 bits per heavy atom. The number of hydrogen-bond donors (Lipinski definition) is 0. The average molecular weight is 150 g/mol. The number of allylic oxidation sites excluding steroid dienone is 4. The monoisotopic (exact) mass is 150 g/mol. The average Bonchev–Trinajstić information content (AvgIpc) is 2.03. The standard InChI is InChI=1S/C10H11F/c1-2-3-7-10(11)8-5-4-6-9-10/h4-6,8H,7,9H2,1H3. The predicted molar refractivity (Wildman–Crippen MR) is 44.8 cm³/mol. The van der Waals surface area contributed by atoms with Crippen molar-refractivity contribution in [2.24, 2.45) is 0 Å². The Hall–Kier alpha value is -1.03. The van der Waals surface area contributed by atoms with Crippen molar-refractivity contribution in [3.63, 3.8) is 0 Å². The van der Waals surface area contributed by atoms with E-state index in [-0.39, 0.29) is 0 Å². The van der Waals surface area contributed by atoms with E-state index < -0.39 is 5.67 Å². The maximum Gasteiger partial charge on any atom is 0.143 e. The van der Waals surface area contributed by atoms with Crippen LogP contribution in [0.25, 0.3) is 0 Å². The Kier molecular flexibility index (Phi) is 2.48. The second kappa shape index (κ2) is 3.39. The zero-order chi connectivity index (χ0) is 8.16.